The highest BCUT2D eigenvalue weighted by atomic mass is 35.8. The predicted molar refractivity (Wildman–Crippen MR) is 105 cm³/mol. The van der Waals surface area contributed by atoms with Crippen molar-refractivity contribution in [3.63, 3.8) is 0 Å². The van der Waals surface area contributed by atoms with Crippen LogP contribution < -0.4 is 0 Å². The Morgan fingerprint density at radius 2 is 0.735 bits per heavy atom. The summed E-state index contributed by atoms with van der Waals surface area (Å²) in [6.07, 6.45) is -5.89. The number of unbranched alkanes of at least 4 members (excludes halogenated alkanes) is 8. The second-order valence-electron chi connectivity index (χ2n) is 7.80. The third-order valence-electron chi connectivity index (χ3n) is 4.95. The zero-order chi connectivity index (χ0) is 27.3. The fraction of sp³-hybridized carbons (Fsp3) is 1.00. The lowest BCUT2D eigenvalue weighted by Crippen LogP contribution is -2.70. The molecule has 0 spiro atoms. The molecule has 0 rings (SSSR count). The van der Waals surface area contributed by atoms with Crippen molar-refractivity contribution in [2.75, 3.05) is 0 Å². The van der Waals surface area contributed by atoms with Gasteiger partial charge in [-0.15, -0.1) is 33.2 Å². The molecule has 0 aromatic heterocycles. The van der Waals surface area contributed by atoms with Crippen LogP contribution in [-0.2, 0) is 0 Å². The van der Waals surface area contributed by atoms with Crippen molar-refractivity contribution in [3.05, 3.63) is 0 Å². The Labute approximate surface area is 202 Å². The minimum atomic E-state index is -7.25. The molecule has 206 valence electrons. The fourth-order valence-electron chi connectivity index (χ4n) is 2.87. The van der Waals surface area contributed by atoms with Gasteiger partial charge in [-0.2, -0.15) is 57.1 Å². The van der Waals surface area contributed by atoms with Gasteiger partial charge in [0.2, 0.25) is 0 Å². The molecule has 0 aromatic rings. The molecule has 0 heterocycles. The Hall–Kier alpha value is 0.177. The molecular weight excluding hydrogens is 586 g/mol. The molecule has 0 saturated carbocycles. The lowest BCUT2D eigenvalue weighted by atomic mass is 9.94. The zero-order valence-electron chi connectivity index (χ0n) is 17.3. The van der Waals surface area contributed by atoms with Gasteiger partial charge < -0.3 is 0 Å². The molecule has 0 fully saturated rings. The zero-order valence-corrected chi connectivity index (χ0v) is 20.6. The Kier molecular flexibility index (Phi) is 12.2. The highest BCUT2D eigenvalue weighted by Crippen LogP contribution is 2.60. The highest BCUT2D eigenvalue weighted by molar-refractivity contribution is 7.65. The Balaban J connectivity index is 4.71. The molecule has 0 unspecified atom stereocenters. The first-order valence-electron chi connectivity index (χ1n) is 9.98. The lowest BCUT2D eigenvalue weighted by molar-refractivity contribution is -0.391. The third-order valence-corrected chi connectivity index (χ3v) is 8.11. The van der Waals surface area contributed by atoms with Gasteiger partial charge in [-0.3, -0.25) is 0 Å². The first kappa shape index (κ1) is 34.2. The van der Waals surface area contributed by atoms with Crippen LogP contribution in [-0.4, -0.2) is 41.4 Å². The fourth-order valence-corrected chi connectivity index (χ4v) is 4.45. The summed E-state index contributed by atoms with van der Waals surface area (Å²) in [7, 11) is 0. The van der Waals surface area contributed by atoms with Crippen molar-refractivity contribution in [1.29, 1.82) is 0 Å². The van der Waals surface area contributed by atoms with Crippen molar-refractivity contribution in [1.82, 2.24) is 0 Å². The maximum absolute atomic E-state index is 13.8. The molecule has 34 heavy (non-hydrogen) atoms. The largest absolute Gasteiger partial charge is 0.424 e. The lowest BCUT2D eigenvalue weighted by Gasteiger charge is -2.40. The minimum Gasteiger partial charge on any atom is -0.200 e. The predicted octanol–water partition coefficient (Wildman–Crippen LogP) is 10.2. The molecule has 0 atom stereocenters. The molecule has 0 aliphatic heterocycles. The molecule has 0 aliphatic carbocycles. The summed E-state index contributed by atoms with van der Waals surface area (Å²) in [6.45, 7) is 0. The summed E-state index contributed by atoms with van der Waals surface area (Å²) in [4.78, 5) is 0. The van der Waals surface area contributed by atoms with E-state index in [1.54, 1.807) is 0 Å². The summed E-state index contributed by atoms with van der Waals surface area (Å²) >= 11 is 13.8. The van der Waals surface area contributed by atoms with Crippen LogP contribution in [0.3, 0.4) is 0 Å². The van der Waals surface area contributed by atoms with Crippen LogP contribution in [0.4, 0.5) is 57.1 Å². The first-order valence-corrected chi connectivity index (χ1v) is 15.0. The van der Waals surface area contributed by atoms with Gasteiger partial charge in [0.05, 0.1) is 0 Å². The molecular formula is C17H22Cl3F13Si. The number of rotatable bonds is 16. The summed E-state index contributed by atoms with van der Waals surface area (Å²) in [5.41, 5.74) is -6.29. The highest BCUT2D eigenvalue weighted by Gasteiger charge is 2.89. The summed E-state index contributed by atoms with van der Waals surface area (Å²) in [5, 5.41) is 0. The maximum Gasteiger partial charge on any atom is 0.424 e. The maximum atomic E-state index is 13.8. The number of halogens is 16. The molecule has 0 radical (unpaired) electrons. The third kappa shape index (κ3) is 8.36. The molecule has 0 amide bonds. The van der Waals surface area contributed by atoms with Crippen LogP contribution in [0.5, 0.6) is 0 Å². The summed E-state index contributed by atoms with van der Waals surface area (Å²) < 4.78 is 173. The summed E-state index contributed by atoms with van der Waals surface area (Å²) in [6, 6.07) is -6.11. The van der Waals surface area contributed by atoms with E-state index in [2.05, 4.69) is 33.2 Å². The van der Waals surface area contributed by atoms with Crippen LogP contribution in [0.2, 0.25) is 0 Å². The van der Waals surface area contributed by atoms with Crippen LogP contribution in [0.25, 0.3) is 0 Å². The molecule has 0 nitrogen and oxygen atoms in total. The molecule has 17 heteroatoms. The molecule has 0 aromatic carbocycles. The van der Waals surface area contributed by atoms with Gasteiger partial charge >= 0.3 is 41.4 Å². The van der Waals surface area contributed by atoms with Gasteiger partial charge in [-0.05, 0) is 12.8 Å². The Morgan fingerprint density at radius 3 is 1.06 bits per heavy atom. The van der Waals surface area contributed by atoms with Crippen LogP contribution >= 0.6 is 33.2 Å². The van der Waals surface area contributed by atoms with E-state index in [1.165, 1.54) is 0 Å². The first-order chi connectivity index (χ1) is 15.0. The van der Waals surface area contributed by atoms with Crippen molar-refractivity contribution in [2.45, 2.75) is 106 Å². The van der Waals surface area contributed by atoms with Crippen molar-refractivity contribution in [3.8, 4) is 0 Å². The normalized spacial score (nSPS) is 15.2. The molecule has 0 aliphatic rings. The van der Waals surface area contributed by atoms with Gasteiger partial charge in [0, 0.05) is 12.8 Å². The molecule has 0 saturated heterocycles. The van der Waals surface area contributed by atoms with Crippen molar-refractivity contribution >= 4 is 39.2 Å². The average Bonchev–Trinajstić information content (AvgIpc) is 2.63. The van der Waals surface area contributed by atoms with Gasteiger partial charge in [-0.1, -0.05) is 44.9 Å². The van der Waals surface area contributed by atoms with E-state index >= 15 is 0 Å². The van der Waals surface area contributed by atoms with E-state index < -0.39 is 60.7 Å². The smallest absolute Gasteiger partial charge is 0.200 e. The van der Waals surface area contributed by atoms with Gasteiger partial charge in [0.25, 0.3) is 0 Å². The monoisotopic (exact) mass is 606 g/mol. The van der Waals surface area contributed by atoms with Crippen LogP contribution in [0.1, 0.15) is 70.6 Å². The van der Waals surface area contributed by atoms with E-state index in [1.807, 2.05) is 0 Å². The number of hydrogen-bond donors (Lipinski definition) is 0. The van der Waals surface area contributed by atoms with E-state index in [0.717, 1.165) is 0 Å². The van der Waals surface area contributed by atoms with Crippen LogP contribution in [0, 0.1) is 0 Å². The average molecular weight is 608 g/mol. The SMILES string of the molecule is FC(F)(F)CCCCCCCCCCCC(F)(F)C(F)(F)C(F)(F)C(F)(F)C(F)(F)[Si](Cl)(Cl)Cl. The second kappa shape index (κ2) is 12.1. The summed E-state index contributed by atoms with van der Waals surface area (Å²) in [5.74, 6) is -27.0. The quantitative estimate of drug-likeness (QED) is 0.0709. The van der Waals surface area contributed by atoms with Gasteiger partial charge in [0.1, 0.15) is 0 Å². The Morgan fingerprint density at radius 1 is 0.412 bits per heavy atom. The van der Waals surface area contributed by atoms with E-state index in [0.29, 0.717) is 32.1 Å². The number of hydrogen-bond acceptors (Lipinski definition) is 0. The van der Waals surface area contributed by atoms with Gasteiger partial charge in [0.15, 0.2) is 0 Å². The van der Waals surface area contributed by atoms with Gasteiger partial charge in [-0.25, -0.2) is 0 Å². The van der Waals surface area contributed by atoms with Crippen molar-refractivity contribution < 1.29 is 57.1 Å². The number of alkyl halides is 13. The Bertz CT molecular complexity index is 619. The second-order valence-corrected chi connectivity index (χ2v) is 16.3. The van der Waals surface area contributed by atoms with E-state index in [-0.39, 0.29) is 19.3 Å². The standard InChI is InChI=1S/C17H22Cl3F13Si/c18-34(19,20)17(32,33)16(30,31)15(28,29)14(26,27)12(21,22)10-8-6-4-2-1-3-5-7-9-11-13(23,24)25/h1-11H2. The minimum absolute atomic E-state index is 0.0493. The van der Waals surface area contributed by atoms with E-state index in [4.69, 9.17) is 0 Å². The molecule has 0 N–H and O–H groups in total. The van der Waals surface area contributed by atoms with Crippen molar-refractivity contribution in [2.24, 2.45) is 0 Å². The topological polar surface area (TPSA) is 0 Å². The van der Waals surface area contributed by atoms with Crippen LogP contribution in [0.15, 0.2) is 0 Å². The van der Waals surface area contributed by atoms with E-state index in [9.17, 15) is 57.1 Å². The molecule has 0 bridgehead atoms.